The van der Waals surface area contributed by atoms with Crippen molar-refractivity contribution in [3.63, 3.8) is 0 Å². The van der Waals surface area contributed by atoms with Crippen LogP contribution in [0.3, 0.4) is 0 Å². The molecule has 1 fully saturated rings. The first-order chi connectivity index (χ1) is 9.45. The van der Waals surface area contributed by atoms with Gasteiger partial charge in [-0.15, -0.1) is 11.3 Å². The van der Waals surface area contributed by atoms with E-state index in [0.29, 0.717) is 25.4 Å². The van der Waals surface area contributed by atoms with Crippen LogP contribution in [0.2, 0.25) is 0 Å². The number of amides is 1. The lowest BCUT2D eigenvalue weighted by Crippen LogP contribution is -2.50. The summed E-state index contributed by atoms with van der Waals surface area (Å²) in [7, 11) is -3.51. The molecule has 7 nitrogen and oxygen atoms in total. The Morgan fingerprint density at radius 3 is 2.55 bits per heavy atom. The zero-order chi connectivity index (χ0) is 14.8. The normalized spacial score (nSPS) is 17.1. The van der Waals surface area contributed by atoms with E-state index >= 15 is 0 Å². The number of hydrogen-bond donors (Lipinski definition) is 1. The van der Waals surface area contributed by atoms with Crippen LogP contribution in [-0.2, 0) is 14.8 Å². The molecule has 0 spiro atoms. The first kappa shape index (κ1) is 15.1. The molecule has 1 aliphatic rings. The Balaban J connectivity index is 2.02. The highest BCUT2D eigenvalue weighted by Crippen LogP contribution is 2.25. The smallest absolute Gasteiger partial charge is 0.409 e. The lowest BCUT2D eigenvalue weighted by Gasteiger charge is -2.32. The van der Waals surface area contributed by atoms with E-state index in [0.717, 1.165) is 11.3 Å². The number of nitrogens with two attached hydrogens (primary N) is 1. The number of sulfonamides is 1. The molecule has 0 aliphatic carbocycles. The highest BCUT2D eigenvalue weighted by molar-refractivity contribution is 7.91. The van der Waals surface area contributed by atoms with Gasteiger partial charge >= 0.3 is 6.09 Å². The highest BCUT2D eigenvalue weighted by Gasteiger charge is 2.31. The van der Waals surface area contributed by atoms with Crippen molar-refractivity contribution in [1.82, 2.24) is 9.21 Å². The Bertz CT molecular complexity index is 576. The molecule has 112 valence electrons. The fourth-order valence-electron chi connectivity index (χ4n) is 1.92. The van der Waals surface area contributed by atoms with Gasteiger partial charge in [-0.3, -0.25) is 0 Å². The molecule has 9 heteroatoms. The van der Waals surface area contributed by atoms with Crippen molar-refractivity contribution in [2.45, 2.75) is 11.1 Å². The lowest BCUT2D eigenvalue weighted by molar-refractivity contribution is 0.0934. The molecule has 0 radical (unpaired) electrons. The first-order valence-corrected chi connectivity index (χ1v) is 8.53. The molecule has 1 aromatic heterocycles. The van der Waals surface area contributed by atoms with Gasteiger partial charge in [-0.05, 0) is 13.0 Å². The van der Waals surface area contributed by atoms with Crippen molar-refractivity contribution in [1.29, 1.82) is 0 Å². The molecule has 0 atom stereocenters. The molecular weight excluding hydrogens is 302 g/mol. The minimum atomic E-state index is -3.51. The maximum atomic E-state index is 12.3. The van der Waals surface area contributed by atoms with Crippen molar-refractivity contribution >= 4 is 33.1 Å². The molecule has 0 unspecified atom stereocenters. The summed E-state index contributed by atoms with van der Waals surface area (Å²) in [6, 6.07) is 1.46. The van der Waals surface area contributed by atoms with E-state index in [1.807, 2.05) is 0 Å². The molecule has 1 saturated heterocycles. The van der Waals surface area contributed by atoms with E-state index in [1.54, 1.807) is 12.3 Å². The van der Waals surface area contributed by atoms with Crippen LogP contribution in [0.1, 0.15) is 6.92 Å². The van der Waals surface area contributed by atoms with E-state index in [4.69, 9.17) is 10.5 Å². The number of hydrogen-bond acceptors (Lipinski definition) is 6. The van der Waals surface area contributed by atoms with Crippen LogP contribution in [0.15, 0.2) is 15.7 Å². The third kappa shape index (κ3) is 3.05. The highest BCUT2D eigenvalue weighted by atomic mass is 32.2. The number of anilines is 1. The van der Waals surface area contributed by atoms with Gasteiger partial charge in [-0.1, -0.05) is 0 Å². The van der Waals surface area contributed by atoms with Crippen LogP contribution in [-0.4, -0.2) is 56.5 Å². The summed E-state index contributed by atoms with van der Waals surface area (Å²) in [5.74, 6) is 0. The van der Waals surface area contributed by atoms with Gasteiger partial charge < -0.3 is 15.4 Å². The number of thiophene rings is 1. The van der Waals surface area contributed by atoms with Crippen LogP contribution in [0.4, 0.5) is 10.5 Å². The molecule has 0 aromatic carbocycles. The number of nitrogen functional groups attached to an aromatic ring is 1. The van der Waals surface area contributed by atoms with Crippen molar-refractivity contribution in [2.75, 3.05) is 38.5 Å². The van der Waals surface area contributed by atoms with Crippen molar-refractivity contribution in [2.24, 2.45) is 0 Å². The predicted molar refractivity (Wildman–Crippen MR) is 76.1 cm³/mol. The molecule has 1 aliphatic heterocycles. The second-order valence-corrected chi connectivity index (χ2v) is 7.37. The molecule has 0 saturated carbocycles. The van der Waals surface area contributed by atoms with Gasteiger partial charge in [0, 0.05) is 37.2 Å². The lowest BCUT2D eigenvalue weighted by atomic mass is 10.4. The summed E-state index contributed by atoms with van der Waals surface area (Å²) in [6.07, 6.45) is -0.398. The average Bonchev–Trinajstić information content (AvgIpc) is 2.86. The fourth-order valence-corrected chi connectivity index (χ4v) is 4.57. The third-order valence-corrected chi connectivity index (χ3v) is 6.29. The summed E-state index contributed by atoms with van der Waals surface area (Å²) >= 11 is 1.11. The fraction of sp³-hybridized carbons (Fsp3) is 0.545. The van der Waals surface area contributed by atoms with E-state index in [1.165, 1.54) is 15.3 Å². The van der Waals surface area contributed by atoms with Gasteiger partial charge in [0.15, 0.2) is 0 Å². The Kier molecular flexibility index (Phi) is 4.51. The van der Waals surface area contributed by atoms with Gasteiger partial charge in [0.25, 0.3) is 10.0 Å². The Morgan fingerprint density at radius 2 is 2.05 bits per heavy atom. The summed E-state index contributed by atoms with van der Waals surface area (Å²) < 4.78 is 31.2. The van der Waals surface area contributed by atoms with Gasteiger partial charge in [-0.2, -0.15) is 4.31 Å². The van der Waals surface area contributed by atoms with Crippen molar-refractivity contribution < 1.29 is 17.9 Å². The van der Waals surface area contributed by atoms with Crippen LogP contribution < -0.4 is 5.73 Å². The van der Waals surface area contributed by atoms with E-state index in [9.17, 15) is 13.2 Å². The Morgan fingerprint density at radius 1 is 1.40 bits per heavy atom. The summed E-state index contributed by atoms with van der Waals surface area (Å²) in [5.41, 5.74) is 6.00. The second kappa shape index (κ2) is 5.98. The number of ether oxygens (including phenoxy) is 1. The third-order valence-electron chi connectivity index (χ3n) is 2.95. The molecule has 2 heterocycles. The number of nitrogens with zero attached hydrogens (tertiary/aromatic N) is 2. The summed E-state index contributed by atoms with van der Waals surface area (Å²) in [4.78, 5) is 13.1. The number of rotatable bonds is 3. The van der Waals surface area contributed by atoms with E-state index in [-0.39, 0.29) is 17.3 Å². The van der Waals surface area contributed by atoms with Gasteiger partial charge in [0.2, 0.25) is 0 Å². The molecule has 1 amide bonds. The zero-order valence-electron chi connectivity index (χ0n) is 11.1. The maximum Gasteiger partial charge on any atom is 0.409 e. The monoisotopic (exact) mass is 319 g/mol. The SMILES string of the molecule is CCOC(=O)N1CCN(S(=O)(=O)c2cc(N)cs2)CC1. The molecule has 20 heavy (non-hydrogen) atoms. The van der Waals surface area contributed by atoms with E-state index in [2.05, 4.69) is 0 Å². The number of carbonyl (C=O) groups excluding carboxylic acids is 1. The van der Waals surface area contributed by atoms with Crippen LogP contribution in [0.25, 0.3) is 0 Å². The quantitative estimate of drug-likeness (QED) is 0.889. The molecule has 2 rings (SSSR count). The largest absolute Gasteiger partial charge is 0.450 e. The molecular formula is C11H17N3O4S2. The van der Waals surface area contributed by atoms with Crippen molar-refractivity contribution in [3.8, 4) is 0 Å². The predicted octanol–water partition coefficient (Wildman–Crippen LogP) is 0.793. The Hall–Kier alpha value is -1.32. The molecule has 0 bridgehead atoms. The van der Waals surface area contributed by atoms with E-state index < -0.39 is 16.1 Å². The van der Waals surface area contributed by atoms with Crippen LogP contribution >= 0.6 is 11.3 Å². The number of carbonyl (C=O) groups is 1. The molecule has 2 N–H and O–H groups in total. The topological polar surface area (TPSA) is 92.9 Å². The van der Waals surface area contributed by atoms with Gasteiger partial charge in [0.1, 0.15) is 4.21 Å². The summed E-state index contributed by atoms with van der Waals surface area (Å²) in [6.45, 7) is 3.24. The minimum Gasteiger partial charge on any atom is -0.450 e. The number of piperazine rings is 1. The zero-order valence-corrected chi connectivity index (χ0v) is 12.7. The van der Waals surface area contributed by atoms with Crippen LogP contribution in [0, 0.1) is 0 Å². The first-order valence-electron chi connectivity index (χ1n) is 6.21. The summed E-state index contributed by atoms with van der Waals surface area (Å²) in [5, 5.41) is 1.60. The molecule has 1 aromatic rings. The average molecular weight is 319 g/mol. The van der Waals surface area contributed by atoms with Crippen LogP contribution in [0.5, 0.6) is 0 Å². The van der Waals surface area contributed by atoms with Gasteiger partial charge in [-0.25, -0.2) is 13.2 Å². The van der Waals surface area contributed by atoms with Gasteiger partial charge in [0.05, 0.1) is 6.61 Å². The second-order valence-electron chi connectivity index (χ2n) is 4.29. The maximum absolute atomic E-state index is 12.3. The van der Waals surface area contributed by atoms with Crippen molar-refractivity contribution in [3.05, 3.63) is 11.4 Å². The Labute approximate surface area is 122 Å². The standard InChI is InChI=1S/C11H17N3O4S2/c1-2-18-11(15)13-3-5-14(6-4-13)20(16,17)10-7-9(12)8-19-10/h7-8H,2-6,12H2,1H3. The minimum absolute atomic E-state index is 0.236.